The second-order valence-electron chi connectivity index (χ2n) is 6.62. The number of nitrogens with two attached hydrogens (primary N) is 1. The van der Waals surface area contributed by atoms with Crippen molar-refractivity contribution in [3.63, 3.8) is 0 Å². The standard InChI is InChI=1S/C18H23ClN6O/c19-15-12-13-11-14(25-10-9-24(6-3-20)18(25)26)1-2-16(13)22-17(15)23-7-4-21-5-8-23/h1-2,11-12,21H,3-10,20H2. The zero-order valence-corrected chi connectivity index (χ0v) is 15.4. The summed E-state index contributed by atoms with van der Waals surface area (Å²) >= 11 is 6.51. The second kappa shape index (κ2) is 7.26. The lowest BCUT2D eigenvalue weighted by Gasteiger charge is -2.29. The number of nitrogens with one attached hydrogen (secondary N) is 1. The van der Waals surface area contributed by atoms with Crippen LogP contribution in [-0.4, -0.2) is 68.3 Å². The number of fused-ring (bicyclic) bond motifs is 1. The summed E-state index contributed by atoms with van der Waals surface area (Å²) in [7, 11) is 0. The molecule has 2 aliphatic rings. The van der Waals surface area contributed by atoms with Crippen LogP contribution < -0.4 is 20.9 Å². The number of hydrogen-bond acceptors (Lipinski definition) is 5. The first-order chi connectivity index (χ1) is 12.7. The van der Waals surface area contributed by atoms with Gasteiger partial charge in [-0.3, -0.25) is 4.90 Å². The molecule has 2 fully saturated rings. The number of benzene rings is 1. The van der Waals surface area contributed by atoms with Crippen molar-refractivity contribution in [3.8, 4) is 0 Å². The Hall–Kier alpha value is -2.09. The monoisotopic (exact) mass is 374 g/mol. The molecule has 7 nitrogen and oxygen atoms in total. The van der Waals surface area contributed by atoms with Crippen LogP contribution in [0, 0.1) is 0 Å². The van der Waals surface area contributed by atoms with Gasteiger partial charge in [0, 0.05) is 63.4 Å². The summed E-state index contributed by atoms with van der Waals surface area (Å²) in [5.74, 6) is 0.833. The zero-order valence-electron chi connectivity index (χ0n) is 14.6. The van der Waals surface area contributed by atoms with Gasteiger partial charge in [-0.1, -0.05) is 11.6 Å². The Morgan fingerprint density at radius 3 is 2.73 bits per heavy atom. The van der Waals surface area contributed by atoms with Crippen LogP contribution >= 0.6 is 11.6 Å². The van der Waals surface area contributed by atoms with E-state index in [4.69, 9.17) is 22.3 Å². The highest BCUT2D eigenvalue weighted by atomic mass is 35.5. The number of nitrogens with zero attached hydrogens (tertiary/aromatic N) is 4. The van der Waals surface area contributed by atoms with E-state index in [1.165, 1.54) is 0 Å². The lowest BCUT2D eigenvalue weighted by molar-refractivity contribution is 0.222. The van der Waals surface area contributed by atoms with Crippen molar-refractivity contribution in [1.82, 2.24) is 15.2 Å². The summed E-state index contributed by atoms with van der Waals surface area (Å²) < 4.78 is 0. The molecule has 138 valence electrons. The number of anilines is 2. The minimum atomic E-state index is 0.00583. The van der Waals surface area contributed by atoms with E-state index in [1.807, 2.05) is 24.3 Å². The number of urea groups is 1. The molecule has 0 atom stereocenters. The van der Waals surface area contributed by atoms with Gasteiger partial charge in [0.15, 0.2) is 0 Å². The summed E-state index contributed by atoms with van der Waals surface area (Å²) in [4.78, 5) is 23.0. The molecule has 0 radical (unpaired) electrons. The van der Waals surface area contributed by atoms with Crippen LogP contribution in [-0.2, 0) is 0 Å². The fourth-order valence-corrected chi connectivity index (χ4v) is 3.86. The highest BCUT2D eigenvalue weighted by molar-refractivity contribution is 6.33. The molecule has 2 amide bonds. The predicted molar refractivity (Wildman–Crippen MR) is 105 cm³/mol. The van der Waals surface area contributed by atoms with Crippen LogP contribution in [0.2, 0.25) is 5.02 Å². The Morgan fingerprint density at radius 1 is 1.15 bits per heavy atom. The third-order valence-electron chi connectivity index (χ3n) is 4.96. The molecule has 3 heterocycles. The van der Waals surface area contributed by atoms with E-state index in [2.05, 4.69) is 10.2 Å². The summed E-state index contributed by atoms with van der Waals surface area (Å²) in [6.45, 7) is 6.11. The van der Waals surface area contributed by atoms with Crippen LogP contribution in [0.15, 0.2) is 24.3 Å². The van der Waals surface area contributed by atoms with E-state index in [1.54, 1.807) is 9.80 Å². The predicted octanol–water partition coefficient (Wildman–Crippen LogP) is 1.50. The lowest BCUT2D eigenvalue weighted by Crippen LogP contribution is -2.44. The van der Waals surface area contributed by atoms with E-state index >= 15 is 0 Å². The summed E-state index contributed by atoms with van der Waals surface area (Å²) in [5, 5.41) is 4.92. The van der Waals surface area contributed by atoms with Gasteiger partial charge in [-0.2, -0.15) is 0 Å². The number of amides is 2. The molecule has 4 rings (SSSR count). The average molecular weight is 375 g/mol. The van der Waals surface area contributed by atoms with Crippen LogP contribution in [0.3, 0.4) is 0 Å². The second-order valence-corrected chi connectivity index (χ2v) is 7.02. The number of carbonyl (C=O) groups is 1. The molecular weight excluding hydrogens is 352 g/mol. The first kappa shape index (κ1) is 17.3. The third kappa shape index (κ3) is 3.18. The minimum Gasteiger partial charge on any atom is -0.353 e. The minimum absolute atomic E-state index is 0.00583. The van der Waals surface area contributed by atoms with Crippen LogP contribution in [0.5, 0.6) is 0 Å². The first-order valence-electron chi connectivity index (χ1n) is 9.00. The molecule has 2 saturated heterocycles. The van der Waals surface area contributed by atoms with Crippen molar-refractivity contribution in [1.29, 1.82) is 0 Å². The maximum Gasteiger partial charge on any atom is 0.324 e. The Kier molecular flexibility index (Phi) is 4.84. The molecule has 8 heteroatoms. The lowest BCUT2D eigenvalue weighted by atomic mass is 10.2. The fraction of sp³-hybridized carbons (Fsp3) is 0.444. The van der Waals surface area contributed by atoms with Crippen molar-refractivity contribution in [2.45, 2.75) is 0 Å². The normalized spacial score (nSPS) is 18.2. The van der Waals surface area contributed by atoms with Gasteiger partial charge in [0.25, 0.3) is 0 Å². The average Bonchev–Trinajstić information content (AvgIpc) is 3.02. The molecule has 1 aromatic heterocycles. The van der Waals surface area contributed by atoms with Crippen molar-refractivity contribution in [2.24, 2.45) is 5.73 Å². The zero-order chi connectivity index (χ0) is 18.1. The molecule has 0 aliphatic carbocycles. The fourth-order valence-electron chi connectivity index (χ4n) is 3.58. The molecule has 26 heavy (non-hydrogen) atoms. The Morgan fingerprint density at radius 2 is 1.96 bits per heavy atom. The van der Waals surface area contributed by atoms with Gasteiger partial charge in [-0.25, -0.2) is 9.78 Å². The van der Waals surface area contributed by atoms with Gasteiger partial charge in [0.1, 0.15) is 5.82 Å². The molecule has 3 N–H and O–H groups in total. The highest BCUT2D eigenvalue weighted by Gasteiger charge is 2.29. The van der Waals surface area contributed by atoms with Crippen molar-refractivity contribution in [2.75, 3.05) is 62.2 Å². The Bertz CT molecular complexity index is 823. The third-order valence-corrected chi connectivity index (χ3v) is 5.23. The number of piperazine rings is 1. The van der Waals surface area contributed by atoms with Crippen LogP contribution in [0.1, 0.15) is 0 Å². The summed E-state index contributed by atoms with van der Waals surface area (Å²) in [6.07, 6.45) is 0. The van der Waals surface area contributed by atoms with E-state index < -0.39 is 0 Å². The van der Waals surface area contributed by atoms with Crippen molar-refractivity contribution < 1.29 is 4.79 Å². The maximum atomic E-state index is 12.5. The van der Waals surface area contributed by atoms with Crippen LogP contribution in [0.4, 0.5) is 16.3 Å². The molecule has 1 aromatic carbocycles. The highest BCUT2D eigenvalue weighted by Crippen LogP contribution is 2.31. The molecular formula is C18H23ClN6O. The van der Waals surface area contributed by atoms with Gasteiger partial charge in [-0.05, 0) is 24.3 Å². The van der Waals surface area contributed by atoms with E-state index in [9.17, 15) is 4.79 Å². The number of rotatable bonds is 4. The summed E-state index contributed by atoms with van der Waals surface area (Å²) in [6, 6.07) is 7.86. The van der Waals surface area contributed by atoms with Crippen molar-refractivity contribution in [3.05, 3.63) is 29.3 Å². The first-order valence-corrected chi connectivity index (χ1v) is 9.37. The number of carbonyl (C=O) groups excluding carboxylic acids is 1. The molecule has 0 bridgehead atoms. The quantitative estimate of drug-likeness (QED) is 0.848. The smallest absolute Gasteiger partial charge is 0.324 e. The number of halogens is 1. The molecule has 2 aromatic rings. The largest absolute Gasteiger partial charge is 0.353 e. The van der Waals surface area contributed by atoms with Gasteiger partial charge in [-0.15, -0.1) is 0 Å². The van der Waals surface area contributed by atoms with E-state index in [-0.39, 0.29) is 6.03 Å². The van der Waals surface area contributed by atoms with Gasteiger partial charge in [0.2, 0.25) is 0 Å². The SMILES string of the molecule is NCCN1CCN(c2ccc3nc(N4CCNCC4)c(Cl)cc3c2)C1=O. The van der Waals surface area contributed by atoms with Gasteiger partial charge < -0.3 is 20.9 Å². The van der Waals surface area contributed by atoms with Gasteiger partial charge >= 0.3 is 6.03 Å². The number of aromatic nitrogens is 1. The topological polar surface area (TPSA) is 77.7 Å². The van der Waals surface area contributed by atoms with Crippen LogP contribution in [0.25, 0.3) is 10.9 Å². The van der Waals surface area contributed by atoms with Gasteiger partial charge in [0.05, 0.1) is 10.5 Å². The Labute approximate surface area is 157 Å². The number of hydrogen-bond donors (Lipinski definition) is 2. The molecule has 0 unspecified atom stereocenters. The van der Waals surface area contributed by atoms with Crippen molar-refractivity contribution >= 4 is 40.0 Å². The Balaban J connectivity index is 1.63. The molecule has 0 spiro atoms. The molecule has 2 aliphatic heterocycles. The molecule has 0 saturated carbocycles. The van der Waals surface area contributed by atoms with E-state index in [0.717, 1.165) is 48.6 Å². The van der Waals surface area contributed by atoms with E-state index in [0.29, 0.717) is 31.2 Å². The number of pyridine rings is 1. The summed E-state index contributed by atoms with van der Waals surface area (Å²) in [5.41, 5.74) is 7.33. The maximum absolute atomic E-state index is 12.5.